The average molecular weight is 723 g/mol. The van der Waals surface area contributed by atoms with E-state index in [1.165, 1.54) is 6.33 Å². The van der Waals surface area contributed by atoms with Crippen molar-refractivity contribution in [1.82, 2.24) is 15.3 Å². The fourth-order valence-corrected chi connectivity index (χ4v) is 6.43. The smallest absolute Gasteiger partial charge is 0.224 e. The van der Waals surface area contributed by atoms with Gasteiger partial charge in [0.25, 0.3) is 0 Å². The van der Waals surface area contributed by atoms with Gasteiger partial charge < -0.3 is 38.3 Å². The normalized spacial score (nSPS) is 13.3. The number of aromatic nitrogens is 2. The standard InChI is InChI=1S/C40H50N8O5/c1-24-15-32(49)16-25(2)33(24)18-30(20-36(50)34(41)9-6-14-46-40(43)44)39(53)48-35(21-31-22-45-23-47-31)37(51)19-29(38(42)52)17-26-10-12-28(13-11-26)27-7-4-3-5-8-27/h3-5,7-8,10-13,15-16,22-23,29-30,34-35,49H,6,9,14,17-21,41H2,1-2H3,(H2,42,52)(H,45,47)(H,48,53)(H4,43,44,46)/t29-,30-,34-,35+/m1/s1. The summed E-state index contributed by atoms with van der Waals surface area (Å²) in [4.78, 5) is 65.2. The van der Waals surface area contributed by atoms with E-state index in [0.29, 0.717) is 25.1 Å². The summed E-state index contributed by atoms with van der Waals surface area (Å²) in [5.41, 5.74) is 28.7. The molecule has 4 atom stereocenters. The third-order valence-electron chi connectivity index (χ3n) is 9.41. The number of nitrogens with two attached hydrogens (primary N) is 4. The zero-order chi connectivity index (χ0) is 38.5. The highest BCUT2D eigenvalue weighted by molar-refractivity contribution is 5.94. The molecule has 13 heteroatoms. The van der Waals surface area contributed by atoms with Crippen LogP contribution in [0.4, 0.5) is 0 Å². The van der Waals surface area contributed by atoms with Gasteiger partial charge in [-0.25, -0.2) is 4.98 Å². The van der Waals surface area contributed by atoms with Crippen molar-refractivity contribution in [2.45, 2.75) is 70.9 Å². The van der Waals surface area contributed by atoms with Crippen molar-refractivity contribution < 1.29 is 24.3 Å². The number of carbonyl (C=O) groups is 4. The molecule has 53 heavy (non-hydrogen) atoms. The number of hydrogen-bond donors (Lipinski definition) is 7. The predicted octanol–water partition coefficient (Wildman–Crippen LogP) is 2.93. The van der Waals surface area contributed by atoms with Crippen molar-refractivity contribution in [2.75, 3.05) is 6.54 Å². The van der Waals surface area contributed by atoms with Gasteiger partial charge in [0.05, 0.1) is 18.4 Å². The van der Waals surface area contributed by atoms with Gasteiger partial charge in [-0.15, -0.1) is 0 Å². The fraction of sp³-hybridized carbons (Fsp3) is 0.350. The van der Waals surface area contributed by atoms with E-state index in [0.717, 1.165) is 33.4 Å². The Kier molecular flexibility index (Phi) is 14.4. The maximum Gasteiger partial charge on any atom is 0.224 e. The van der Waals surface area contributed by atoms with E-state index >= 15 is 0 Å². The number of ketones is 2. The van der Waals surface area contributed by atoms with Crippen LogP contribution in [-0.4, -0.2) is 63.0 Å². The van der Waals surface area contributed by atoms with E-state index < -0.39 is 41.5 Å². The Labute approximate surface area is 309 Å². The first-order chi connectivity index (χ1) is 25.3. The number of aliphatic imine (C=N–C) groups is 1. The van der Waals surface area contributed by atoms with Gasteiger partial charge in [0.1, 0.15) is 11.5 Å². The number of rotatable bonds is 20. The minimum Gasteiger partial charge on any atom is -0.508 e. The van der Waals surface area contributed by atoms with E-state index in [9.17, 15) is 24.3 Å². The van der Waals surface area contributed by atoms with Crippen LogP contribution in [0.1, 0.15) is 53.6 Å². The highest BCUT2D eigenvalue weighted by Gasteiger charge is 2.32. The molecule has 0 unspecified atom stereocenters. The van der Waals surface area contributed by atoms with Crippen LogP contribution in [0.25, 0.3) is 11.1 Å². The second-order valence-electron chi connectivity index (χ2n) is 13.6. The molecular weight excluding hydrogens is 672 g/mol. The van der Waals surface area contributed by atoms with Crippen LogP contribution in [0.2, 0.25) is 0 Å². The van der Waals surface area contributed by atoms with Crippen LogP contribution in [-0.2, 0) is 38.4 Å². The van der Waals surface area contributed by atoms with Crippen molar-refractivity contribution in [2.24, 2.45) is 39.8 Å². The minimum absolute atomic E-state index is 0.0554. The third-order valence-corrected chi connectivity index (χ3v) is 9.41. The molecule has 2 amide bonds. The molecule has 280 valence electrons. The molecule has 3 aromatic carbocycles. The lowest BCUT2D eigenvalue weighted by Crippen LogP contribution is -2.47. The van der Waals surface area contributed by atoms with Crippen LogP contribution in [0, 0.1) is 25.7 Å². The Balaban J connectivity index is 1.54. The Morgan fingerprint density at radius 1 is 0.849 bits per heavy atom. The molecule has 0 aliphatic heterocycles. The number of guanidine groups is 1. The van der Waals surface area contributed by atoms with Gasteiger partial charge in [0, 0.05) is 49.5 Å². The zero-order valence-electron chi connectivity index (χ0n) is 30.3. The van der Waals surface area contributed by atoms with Crippen LogP contribution in [0.3, 0.4) is 0 Å². The molecule has 0 saturated heterocycles. The number of imidazole rings is 1. The summed E-state index contributed by atoms with van der Waals surface area (Å²) in [5.74, 6) is -3.58. The van der Waals surface area contributed by atoms with Gasteiger partial charge in [-0.1, -0.05) is 54.6 Å². The number of aryl methyl sites for hydroxylation is 2. The topological polar surface area (TPSA) is 246 Å². The number of primary amides is 1. The summed E-state index contributed by atoms with van der Waals surface area (Å²) in [5, 5.41) is 13.0. The Morgan fingerprint density at radius 3 is 2.09 bits per heavy atom. The van der Waals surface area contributed by atoms with Gasteiger partial charge in [0.15, 0.2) is 11.7 Å². The number of Topliss-reactive ketones (excluding diaryl/α,β-unsaturated/α-hetero) is 2. The summed E-state index contributed by atoms with van der Waals surface area (Å²) in [6.07, 6.45) is 3.86. The number of phenols is 1. The van der Waals surface area contributed by atoms with Crippen LogP contribution < -0.4 is 28.3 Å². The SMILES string of the molecule is Cc1cc(O)cc(C)c1C[C@H](CC(=O)[C@H](N)CCCN=C(N)N)C(=O)N[C@@H](Cc1cnc[nH]1)C(=O)C[C@@H](Cc1ccc(-c2ccccc2)cc1)C(N)=O. The first-order valence-electron chi connectivity index (χ1n) is 17.7. The van der Waals surface area contributed by atoms with Gasteiger partial charge >= 0.3 is 0 Å². The van der Waals surface area contributed by atoms with E-state index in [1.54, 1.807) is 18.3 Å². The second-order valence-corrected chi connectivity index (χ2v) is 13.6. The number of aromatic hydroxyl groups is 1. The zero-order valence-corrected chi connectivity index (χ0v) is 30.3. The molecule has 4 rings (SSSR count). The number of carbonyl (C=O) groups excluding carboxylic acids is 4. The first kappa shape index (κ1) is 40.0. The lowest BCUT2D eigenvalue weighted by molar-refractivity contribution is -0.133. The lowest BCUT2D eigenvalue weighted by atomic mass is 9.86. The maximum absolute atomic E-state index is 14.2. The Hall–Kier alpha value is -5.82. The molecule has 0 saturated carbocycles. The second kappa shape index (κ2) is 19.1. The van der Waals surface area contributed by atoms with Crippen molar-refractivity contribution in [3.63, 3.8) is 0 Å². The van der Waals surface area contributed by atoms with E-state index in [1.807, 2.05) is 68.4 Å². The number of amides is 2. The molecule has 0 fully saturated rings. The molecular formula is C40H50N8O5. The number of nitrogens with zero attached hydrogens (tertiary/aromatic N) is 2. The van der Waals surface area contributed by atoms with Crippen molar-refractivity contribution >= 4 is 29.3 Å². The number of nitrogens with one attached hydrogen (secondary N) is 2. The lowest BCUT2D eigenvalue weighted by Gasteiger charge is -2.25. The summed E-state index contributed by atoms with van der Waals surface area (Å²) >= 11 is 0. The van der Waals surface area contributed by atoms with Gasteiger partial charge in [0.2, 0.25) is 11.8 Å². The molecule has 4 aromatic rings. The molecule has 0 aliphatic rings. The predicted molar refractivity (Wildman–Crippen MR) is 204 cm³/mol. The largest absolute Gasteiger partial charge is 0.508 e. The molecule has 13 nitrogen and oxygen atoms in total. The molecule has 11 N–H and O–H groups in total. The Bertz CT molecular complexity index is 1850. The number of phenolic OH excluding ortho intramolecular Hbond substituents is 1. The van der Waals surface area contributed by atoms with Crippen molar-refractivity contribution in [1.29, 1.82) is 0 Å². The van der Waals surface area contributed by atoms with E-state index in [-0.39, 0.29) is 49.6 Å². The highest BCUT2D eigenvalue weighted by Crippen LogP contribution is 2.26. The summed E-state index contributed by atoms with van der Waals surface area (Å²) in [7, 11) is 0. The van der Waals surface area contributed by atoms with Crippen LogP contribution >= 0.6 is 0 Å². The monoisotopic (exact) mass is 722 g/mol. The van der Waals surface area contributed by atoms with Crippen molar-refractivity contribution in [3.8, 4) is 16.9 Å². The Morgan fingerprint density at radius 2 is 1.49 bits per heavy atom. The molecule has 1 aromatic heterocycles. The first-order valence-corrected chi connectivity index (χ1v) is 17.7. The minimum atomic E-state index is -1.06. The number of H-pyrrole nitrogens is 1. The summed E-state index contributed by atoms with van der Waals surface area (Å²) in [6.45, 7) is 3.94. The van der Waals surface area contributed by atoms with Crippen LogP contribution in [0.15, 0.2) is 84.2 Å². The summed E-state index contributed by atoms with van der Waals surface area (Å²) < 4.78 is 0. The quantitative estimate of drug-likeness (QED) is 0.0402. The molecule has 0 bridgehead atoms. The molecule has 0 spiro atoms. The molecule has 0 aliphatic carbocycles. The number of aromatic amines is 1. The highest BCUT2D eigenvalue weighted by atomic mass is 16.3. The van der Waals surface area contributed by atoms with Gasteiger partial charge in [-0.3, -0.25) is 24.2 Å². The fourth-order valence-electron chi connectivity index (χ4n) is 6.43. The maximum atomic E-state index is 14.2. The van der Waals surface area contributed by atoms with Crippen molar-refractivity contribution in [3.05, 3.63) is 107 Å². The van der Waals surface area contributed by atoms with Crippen LogP contribution in [0.5, 0.6) is 5.75 Å². The molecule has 1 heterocycles. The van der Waals surface area contributed by atoms with Gasteiger partial charge in [-0.05, 0) is 85.0 Å². The average Bonchev–Trinajstić information content (AvgIpc) is 3.64. The van der Waals surface area contributed by atoms with Gasteiger partial charge in [-0.2, -0.15) is 0 Å². The third kappa shape index (κ3) is 12.1. The van der Waals surface area contributed by atoms with E-state index in [4.69, 9.17) is 22.9 Å². The van der Waals surface area contributed by atoms with E-state index in [2.05, 4.69) is 20.3 Å². The molecule has 0 radical (unpaired) electrons. The summed E-state index contributed by atoms with van der Waals surface area (Å²) in [6, 6.07) is 18.9. The number of benzene rings is 3. The number of hydrogen-bond acceptors (Lipinski definition) is 8.